The third-order valence-corrected chi connectivity index (χ3v) is 3.70. The first-order valence-corrected chi connectivity index (χ1v) is 6.66. The summed E-state index contributed by atoms with van der Waals surface area (Å²) in [4.78, 5) is 0.948. The van der Waals surface area contributed by atoms with Crippen molar-refractivity contribution in [2.45, 2.75) is 12.5 Å². The fourth-order valence-corrected chi connectivity index (χ4v) is 2.63. The van der Waals surface area contributed by atoms with Gasteiger partial charge in [-0.1, -0.05) is 41.9 Å². The highest BCUT2D eigenvalue weighted by Crippen LogP contribution is 2.27. The predicted octanol–water partition coefficient (Wildman–Crippen LogP) is 4.28. The molecular weight excluding hydrogens is 276 g/mol. The van der Waals surface area contributed by atoms with Crippen LogP contribution in [0.25, 0.3) is 0 Å². The maximum atomic E-state index is 13.8. The number of halogens is 3. The van der Waals surface area contributed by atoms with Crippen molar-refractivity contribution in [3.05, 3.63) is 57.2 Å². The summed E-state index contributed by atoms with van der Waals surface area (Å²) in [5.41, 5.74) is 0.0294. The highest BCUT2D eigenvalue weighted by molar-refractivity contribution is 7.16. The van der Waals surface area contributed by atoms with Crippen LogP contribution in [0, 0.1) is 0 Å². The van der Waals surface area contributed by atoms with E-state index in [1.54, 1.807) is 24.3 Å². The van der Waals surface area contributed by atoms with Gasteiger partial charge in [0.05, 0.1) is 10.9 Å². The first-order chi connectivity index (χ1) is 8.58. The number of benzene rings is 1. The summed E-state index contributed by atoms with van der Waals surface area (Å²) in [5, 5.41) is 2.76. The Morgan fingerprint density at radius 3 is 2.44 bits per heavy atom. The zero-order valence-electron chi connectivity index (χ0n) is 9.50. The van der Waals surface area contributed by atoms with Gasteiger partial charge in [0.15, 0.2) is 0 Å². The van der Waals surface area contributed by atoms with Crippen molar-refractivity contribution in [2.75, 3.05) is 6.54 Å². The number of hydrogen-bond acceptors (Lipinski definition) is 2. The lowest BCUT2D eigenvalue weighted by atomic mass is 10.1. The predicted molar refractivity (Wildman–Crippen MR) is 71.4 cm³/mol. The van der Waals surface area contributed by atoms with Crippen LogP contribution in [0.3, 0.4) is 0 Å². The number of thiophene rings is 1. The molecule has 18 heavy (non-hydrogen) atoms. The minimum atomic E-state index is -2.86. The van der Waals surface area contributed by atoms with Crippen LogP contribution < -0.4 is 5.32 Å². The minimum absolute atomic E-state index is 0.0294. The van der Waals surface area contributed by atoms with E-state index in [1.807, 2.05) is 6.07 Å². The molecule has 0 amide bonds. The van der Waals surface area contributed by atoms with Gasteiger partial charge in [-0.05, 0) is 12.1 Å². The normalized spacial score (nSPS) is 11.7. The van der Waals surface area contributed by atoms with Gasteiger partial charge in [-0.15, -0.1) is 11.3 Å². The second kappa shape index (κ2) is 5.78. The third-order valence-electron chi connectivity index (χ3n) is 2.47. The molecule has 0 saturated heterocycles. The molecule has 0 spiro atoms. The largest absolute Gasteiger partial charge is 0.306 e. The van der Waals surface area contributed by atoms with Crippen LogP contribution in [0.1, 0.15) is 10.4 Å². The number of nitrogens with one attached hydrogen (secondary N) is 1. The summed E-state index contributed by atoms with van der Waals surface area (Å²) < 4.78 is 28.2. The van der Waals surface area contributed by atoms with Gasteiger partial charge in [-0.3, -0.25) is 0 Å². The van der Waals surface area contributed by atoms with Crippen LogP contribution in [-0.2, 0) is 12.5 Å². The Labute approximate surface area is 113 Å². The van der Waals surface area contributed by atoms with Gasteiger partial charge < -0.3 is 5.32 Å². The second-order valence-corrected chi connectivity index (χ2v) is 5.68. The topological polar surface area (TPSA) is 12.0 Å². The number of hydrogen-bond donors (Lipinski definition) is 1. The smallest absolute Gasteiger partial charge is 0.285 e. The molecule has 0 unspecified atom stereocenters. The van der Waals surface area contributed by atoms with Gasteiger partial charge in [0.1, 0.15) is 0 Å². The van der Waals surface area contributed by atoms with Crippen molar-refractivity contribution in [1.82, 2.24) is 5.32 Å². The lowest BCUT2D eigenvalue weighted by Crippen LogP contribution is -2.30. The number of rotatable bonds is 5. The lowest BCUT2D eigenvalue weighted by molar-refractivity contribution is -0.00337. The molecule has 2 rings (SSSR count). The zero-order chi connectivity index (χ0) is 13.0. The van der Waals surface area contributed by atoms with Crippen LogP contribution in [0.2, 0.25) is 4.34 Å². The van der Waals surface area contributed by atoms with Crippen molar-refractivity contribution in [3.63, 3.8) is 0 Å². The van der Waals surface area contributed by atoms with E-state index in [-0.39, 0.29) is 12.1 Å². The maximum Gasteiger partial charge on any atom is 0.285 e. The molecule has 0 radical (unpaired) electrons. The molecule has 1 heterocycles. The van der Waals surface area contributed by atoms with Gasteiger partial charge in [0, 0.05) is 17.0 Å². The average Bonchev–Trinajstić information content (AvgIpc) is 2.76. The fraction of sp³-hybridized carbons (Fsp3) is 0.231. The minimum Gasteiger partial charge on any atom is -0.306 e. The van der Waals surface area contributed by atoms with Crippen LogP contribution >= 0.6 is 22.9 Å². The molecular formula is C13H12ClF2NS. The molecule has 0 saturated carbocycles. The van der Waals surface area contributed by atoms with Crippen molar-refractivity contribution < 1.29 is 8.78 Å². The second-order valence-electron chi connectivity index (χ2n) is 3.88. The summed E-state index contributed by atoms with van der Waals surface area (Å²) >= 11 is 7.16. The maximum absolute atomic E-state index is 13.8. The summed E-state index contributed by atoms with van der Waals surface area (Å²) in [5.74, 6) is -2.86. The van der Waals surface area contributed by atoms with Crippen molar-refractivity contribution in [1.29, 1.82) is 0 Å². The van der Waals surface area contributed by atoms with E-state index in [4.69, 9.17) is 11.6 Å². The Balaban J connectivity index is 1.89. The molecule has 1 N–H and O–H groups in total. The van der Waals surface area contributed by atoms with Crippen LogP contribution in [0.4, 0.5) is 8.78 Å². The van der Waals surface area contributed by atoms with Gasteiger partial charge in [0.25, 0.3) is 5.92 Å². The summed E-state index contributed by atoms with van der Waals surface area (Å²) in [6.45, 7) is 0.0202. The molecule has 0 aliphatic carbocycles. The van der Waals surface area contributed by atoms with Crippen LogP contribution in [0.15, 0.2) is 42.5 Å². The molecule has 1 nitrogen and oxygen atoms in total. The van der Waals surface area contributed by atoms with Gasteiger partial charge >= 0.3 is 0 Å². The average molecular weight is 288 g/mol. The van der Waals surface area contributed by atoms with E-state index >= 15 is 0 Å². The molecule has 1 aromatic heterocycles. The van der Waals surface area contributed by atoms with E-state index in [0.717, 1.165) is 4.88 Å². The molecule has 0 bridgehead atoms. The van der Waals surface area contributed by atoms with Gasteiger partial charge in [-0.25, -0.2) is 0 Å². The van der Waals surface area contributed by atoms with E-state index in [9.17, 15) is 8.78 Å². The molecule has 0 fully saturated rings. The molecule has 1 aromatic carbocycles. The SMILES string of the molecule is FC(F)(CNCc1ccc(Cl)s1)c1ccccc1. The zero-order valence-corrected chi connectivity index (χ0v) is 11.1. The van der Waals surface area contributed by atoms with Crippen molar-refractivity contribution in [3.8, 4) is 0 Å². The van der Waals surface area contributed by atoms with Crippen molar-refractivity contribution >= 4 is 22.9 Å². The Bertz CT molecular complexity index is 499. The Kier molecular flexibility index (Phi) is 4.32. The first kappa shape index (κ1) is 13.5. The van der Waals surface area contributed by atoms with E-state index < -0.39 is 5.92 Å². The first-order valence-electron chi connectivity index (χ1n) is 5.46. The Morgan fingerprint density at radius 2 is 1.83 bits per heavy atom. The quantitative estimate of drug-likeness (QED) is 0.865. The van der Waals surface area contributed by atoms with Crippen LogP contribution in [0.5, 0.6) is 0 Å². The lowest BCUT2D eigenvalue weighted by Gasteiger charge is -2.17. The van der Waals surface area contributed by atoms with Crippen molar-refractivity contribution in [2.24, 2.45) is 0 Å². The van der Waals surface area contributed by atoms with Crippen LogP contribution in [-0.4, -0.2) is 6.54 Å². The monoisotopic (exact) mass is 287 g/mol. The Morgan fingerprint density at radius 1 is 1.11 bits per heavy atom. The summed E-state index contributed by atoms with van der Waals surface area (Å²) in [6.07, 6.45) is 0. The van der Waals surface area contributed by atoms with Gasteiger partial charge in [0.2, 0.25) is 0 Å². The molecule has 0 atom stereocenters. The highest BCUT2D eigenvalue weighted by Gasteiger charge is 2.30. The molecule has 0 aliphatic heterocycles. The molecule has 0 aliphatic rings. The number of alkyl halides is 2. The standard InChI is InChI=1S/C13H12ClF2NS/c14-12-7-6-11(18-12)8-17-9-13(15,16)10-4-2-1-3-5-10/h1-7,17H,8-9H2. The molecule has 5 heteroatoms. The van der Waals surface area contributed by atoms with Gasteiger partial charge in [-0.2, -0.15) is 8.78 Å². The molecule has 2 aromatic rings. The third kappa shape index (κ3) is 3.51. The van der Waals surface area contributed by atoms with E-state index in [0.29, 0.717) is 10.9 Å². The highest BCUT2D eigenvalue weighted by atomic mass is 35.5. The van der Waals surface area contributed by atoms with E-state index in [2.05, 4.69) is 5.32 Å². The van der Waals surface area contributed by atoms with E-state index in [1.165, 1.54) is 23.5 Å². The summed E-state index contributed by atoms with van der Waals surface area (Å²) in [6, 6.07) is 11.4. The Hall–Kier alpha value is -0.970. The molecule has 96 valence electrons. The summed E-state index contributed by atoms with van der Waals surface area (Å²) in [7, 11) is 0. The fourth-order valence-electron chi connectivity index (χ4n) is 1.57.